The van der Waals surface area contributed by atoms with Gasteiger partial charge in [0.05, 0.1) is 4.88 Å². The van der Waals surface area contributed by atoms with Crippen molar-refractivity contribution in [3.8, 4) is 0 Å². The molecule has 4 nitrogen and oxygen atoms in total. The molecule has 0 atom stereocenters. The minimum absolute atomic E-state index is 0.201. The van der Waals surface area contributed by atoms with E-state index in [0.717, 1.165) is 0 Å². The zero-order chi connectivity index (χ0) is 11.1. The van der Waals surface area contributed by atoms with Crippen LogP contribution in [0.5, 0.6) is 0 Å². The van der Waals surface area contributed by atoms with Gasteiger partial charge in [0.15, 0.2) is 5.11 Å². The Kier molecular flexibility index (Phi) is 4.79. The highest BCUT2D eigenvalue weighted by Gasteiger charge is 2.05. The molecule has 1 amide bonds. The molecule has 0 bridgehead atoms. The van der Waals surface area contributed by atoms with Gasteiger partial charge in [-0.2, -0.15) is 0 Å². The average molecular weight is 241 g/mol. The number of hydrogen-bond donors (Lipinski definition) is 3. The molecule has 0 aliphatic carbocycles. The summed E-state index contributed by atoms with van der Waals surface area (Å²) in [5.74, 6) is -0.201. The molecule has 0 aromatic carbocycles. The monoisotopic (exact) mass is 241 g/mol. The summed E-state index contributed by atoms with van der Waals surface area (Å²) in [5.41, 5.74) is 5.06. The topological polar surface area (TPSA) is 53.2 Å². The molecule has 0 spiro atoms. The maximum atomic E-state index is 11.4. The second-order valence-corrected chi connectivity index (χ2v) is 3.91. The average Bonchev–Trinajstić information content (AvgIpc) is 2.76. The molecule has 1 aromatic heterocycles. The fraction of sp³-hybridized carbons (Fsp3) is 0.111. The van der Waals surface area contributed by atoms with Crippen molar-refractivity contribution in [2.45, 2.75) is 0 Å². The zero-order valence-electron chi connectivity index (χ0n) is 7.95. The summed E-state index contributed by atoms with van der Waals surface area (Å²) in [6.45, 7) is 4.09. The quantitative estimate of drug-likeness (QED) is 0.420. The summed E-state index contributed by atoms with van der Waals surface area (Å²) in [7, 11) is 0. The van der Waals surface area contributed by atoms with Gasteiger partial charge in [-0.3, -0.25) is 15.6 Å². The molecule has 0 unspecified atom stereocenters. The molecular formula is C9H11N3OS2. The van der Waals surface area contributed by atoms with Crippen LogP contribution in [0.1, 0.15) is 9.67 Å². The second kappa shape index (κ2) is 6.15. The number of carbonyl (C=O) groups is 1. The van der Waals surface area contributed by atoms with E-state index in [1.54, 1.807) is 12.1 Å². The van der Waals surface area contributed by atoms with E-state index < -0.39 is 0 Å². The molecule has 0 saturated carbocycles. The molecule has 6 heteroatoms. The van der Waals surface area contributed by atoms with Crippen LogP contribution < -0.4 is 16.2 Å². The summed E-state index contributed by atoms with van der Waals surface area (Å²) >= 11 is 6.25. The van der Waals surface area contributed by atoms with Gasteiger partial charge in [-0.15, -0.1) is 17.9 Å². The van der Waals surface area contributed by atoms with Crippen molar-refractivity contribution in [3.05, 3.63) is 35.0 Å². The van der Waals surface area contributed by atoms with Crippen LogP contribution in [-0.2, 0) is 0 Å². The van der Waals surface area contributed by atoms with E-state index in [-0.39, 0.29) is 5.91 Å². The van der Waals surface area contributed by atoms with Crippen LogP contribution in [0, 0.1) is 0 Å². The van der Waals surface area contributed by atoms with Crippen LogP contribution in [-0.4, -0.2) is 17.6 Å². The molecular weight excluding hydrogens is 230 g/mol. The molecule has 1 heterocycles. The van der Waals surface area contributed by atoms with E-state index in [9.17, 15) is 4.79 Å². The number of rotatable bonds is 3. The predicted octanol–water partition coefficient (Wildman–Crippen LogP) is 1.04. The molecule has 0 aliphatic heterocycles. The Bertz CT molecular complexity index is 348. The largest absolute Gasteiger partial charge is 0.358 e. The van der Waals surface area contributed by atoms with Gasteiger partial charge in [-0.05, 0) is 23.7 Å². The van der Waals surface area contributed by atoms with Crippen molar-refractivity contribution in [1.29, 1.82) is 0 Å². The van der Waals surface area contributed by atoms with Gasteiger partial charge in [-0.1, -0.05) is 12.1 Å². The Morgan fingerprint density at radius 2 is 2.40 bits per heavy atom. The molecule has 0 fully saturated rings. The van der Waals surface area contributed by atoms with E-state index in [0.29, 0.717) is 16.5 Å². The summed E-state index contributed by atoms with van der Waals surface area (Å²) < 4.78 is 0. The highest BCUT2D eigenvalue weighted by molar-refractivity contribution is 7.80. The van der Waals surface area contributed by atoms with Crippen LogP contribution >= 0.6 is 23.6 Å². The van der Waals surface area contributed by atoms with Gasteiger partial charge in [0, 0.05) is 6.54 Å². The number of amides is 1. The number of thiocarbonyl (C=S) groups is 1. The summed E-state index contributed by atoms with van der Waals surface area (Å²) in [6, 6.07) is 3.55. The van der Waals surface area contributed by atoms with Crippen molar-refractivity contribution in [1.82, 2.24) is 16.2 Å². The molecule has 1 aromatic rings. The number of hydrogen-bond acceptors (Lipinski definition) is 3. The Morgan fingerprint density at radius 1 is 1.60 bits per heavy atom. The Labute approximate surface area is 97.3 Å². The first-order valence-electron chi connectivity index (χ1n) is 4.22. The first-order valence-corrected chi connectivity index (χ1v) is 5.51. The lowest BCUT2D eigenvalue weighted by Crippen LogP contribution is -2.46. The Hall–Kier alpha value is -1.40. The molecule has 80 valence electrons. The normalized spacial score (nSPS) is 9.07. The van der Waals surface area contributed by atoms with Crippen molar-refractivity contribution in [2.75, 3.05) is 6.54 Å². The number of nitrogens with one attached hydrogen (secondary N) is 3. The molecule has 0 radical (unpaired) electrons. The molecule has 15 heavy (non-hydrogen) atoms. The summed E-state index contributed by atoms with van der Waals surface area (Å²) in [6.07, 6.45) is 1.68. The number of hydrazine groups is 1. The SMILES string of the molecule is C=CCNC(=S)NNC(=O)c1cccs1. The van der Waals surface area contributed by atoms with Crippen LogP contribution in [0.4, 0.5) is 0 Å². The highest BCUT2D eigenvalue weighted by Crippen LogP contribution is 2.06. The van der Waals surface area contributed by atoms with E-state index in [1.165, 1.54) is 11.3 Å². The first kappa shape index (κ1) is 11.7. The van der Waals surface area contributed by atoms with E-state index in [1.807, 2.05) is 11.4 Å². The van der Waals surface area contributed by atoms with Crippen molar-refractivity contribution in [2.24, 2.45) is 0 Å². The van der Waals surface area contributed by atoms with E-state index in [2.05, 4.69) is 22.7 Å². The van der Waals surface area contributed by atoms with Gasteiger partial charge < -0.3 is 5.32 Å². The number of thiophene rings is 1. The first-order chi connectivity index (χ1) is 7.24. The third kappa shape index (κ3) is 4.09. The minimum Gasteiger partial charge on any atom is -0.358 e. The van der Waals surface area contributed by atoms with Crippen molar-refractivity contribution < 1.29 is 4.79 Å². The summed E-state index contributed by atoms with van der Waals surface area (Å²) in [4.78, 5) is 12.0. The lowest BCUT2D eigenvalue weighted by molar-refractivity contribution is 0.0948. The minimum atomic E-state index is -0.201. The third-order valence-corrected chi connectivity index (χ3v) is 2.56. The smallest absolute Gasteiger partial charge is 0.279 e. The fourth-order valence-electron chi connectivity index (χ4n) is 0.792. The van der Waals surface area contributed by atoms with Crippen LogP contribution in [0.3, 0.4) is 0 Å². The molecule has 0 aliphatic rings. The fourth-order valence-corrected chi connectivity index (χ4v) is 1.55. The maximum absolute atomic E-state index is 11.4. The van der Waals surface area contributed by atoms with Gasteiger partial charge in [-0.25, -0.2) is 0 Å². The molecule has 0 saturated heterocycles. The van der Waals surface area contributed by atoms with Crippen LogP contribution in [0.15, 0.2) is 30.2 Å². The lowest BCUT2D eigenvalue weighted by Gasteiger charge is -2.09. The van der Waals surface area contributed by atoms with E-state index >= 15 is 0 Å². The van der Waals surface area contributed by atoms with Gasteiger partial charge in [0.1, 0.15) is 0 Å². The third-order valence-electron chi connectivity index (χ3n) is 1.44. The van der Waals surface area contributed by atoms with Gasteiger partial charge >= 0.3 is 0 Å². The molecule has 1 rings (SSSR count). The predicted molar refractivity (Wildman–Crippen MR) is 65.7 cm³/mol. The maximum Gasteiger partial charge on any atom is 0.279 e. The zero-order valence-corrected chi connectivity index (χ0v) is 9.58. The Morgan fingerprint density at radius 3 is 3.00 bits per heavy atom. The highest BCUT2D eigenvalue weighted by atomic mass is 32.1. The van der Waals surface area contributed by atoms with Gasteiger partial charge in [0.25, 0.3) is 5.91 Å². The molecule has 3 N–H and O–H groups in total. The van der Waals surface area contributed by atoms with Crippen molar-refractivity contribution >= 4 is 34.6 Å². The van der Waals surface area contributed by atoms with Crippen molar-refractivity contribution in [3.63, 3.8) is 0 Å². The lowest BCUT2D eigenvalue weighted by atomic mass is 10.4. The van der Waals surface area contributed by atoms with Crippen LogP contribution in [0.25, 0.3) is 0 Å². The standard InChI is InChI=1S/C9H11N3OS2/c1-2-5-10-9(14)12-11-8(13)7-4-3-6-15-7/h2-4,6H,1,5H2,(H,11,13)(H2,10,12,14). The summed E-state index contributed by atoms with van der Waals surface area (Å²) in [5, 5.41) is 5.02. The van der Waals surface area contributed by atoms with Gasteiger partial charge in [0.2, 0.25) is 0 Å². The van der Waals surface area contributed by atoms with Crippen LogP contribution in [0.2, 0.25) is 0 Å². The van der Waals surface area contributed by atoms with E-state index in [4.69, 9.17) is 12.2 Å². The Balaban J connectivity index is 2.28. The second-order valence-electron chi connectivity index (χ2n) is 2.56. The number of carbonyl (C=O) groups excluding carboxylic acids is 1.